The summed E-state index contributed by atoms with van der Waals surface area (Å²) in [6.45, 7) is 7.59. The quantitative estimate of drug-likeness (QED) is 0.796. The molecule has 3 aliphatic heterocycles. The molecule has 0 bridgehead atoms. The van der Waals surface area contributed by atoms with E-state index in [0.29, 0.717) is 6.04 Å². The van der Waals surface area contributed by atoms with E-state index in [1.807, 2.05) is 11.8 Å². The molecule has 0 aromatic rings. The highest BCUT2D eigenvalue weighted by molar-refractivity contribution is 7.99. The first kappa shape index (κ1) is 16.6. The lowest BCUT2D eigenvalue weighted by molar-refractivity contribution is -0.126. The van der Waals surface area contributed by atoms with Gasteiger partial charge in [-0.05, 0) is 38.5 Å². The van der Waals surface area contributed by atoms with E-state index < -0.39 is 0 Å². The SMILES string of the molecule is C[C@H]1C[C@@H](C(=O)NCC2(N3CCOCC3)CCSC2)CCN1. The molecule has 0 spiro atoms. The molecule has 0 aliphatic carbocycles. The zero-order valence-electron chi connectivity index (χ0n) is 13.6. The van der Waals surface area contributed by atoms with E-state index in [0.717, 1.165) is 58.0 Å². The maximum Gasteiger partial charge on any atom is 0.223 e. The second-order valence-corrected chi connectivity index (χ2v) is 8.03. The summed E-state index contributed by atoms with van der Waals surface area (Å²) in [4.78, 5) is 15.1. The van der Waals surface area contributed by atoms with Gasteiger partial charge in [0.15, 0.2) is 0 Å². The van der Waals surface area contributed by atoms with Gasteiger partial charge in [-0.1, -0.05) is 0 Å². The Morgan fingerprint density at radius 2 is 2.27 bits per heavy atom. The third-order valence-corrected chi connectivity index (χ3v) is 6.58. The first-order valence-electron chi connectivity index (χ1n) is 8.61. The lowest BCUT2D eigenvalue weighted by Gasteiger charge is -2.43. The van der Waals surface area contributed by atoms with Crippen molar-refractivity contribution in [1.82, 2.24) is 15.5 Å². The maximum absolute atomic E-state index is 12.5. The predicted molar refractivity (Wildman–Crippen MR) is 90.3 cm³/mol. The van der Waals surface area contributed by atoms with Crippen LogP contribution in [0.4, 0.5) is 0 Å². The Balaban J connectivity index is 1.56. The monoisotopic (exact) mass is 327 g/mol. The van der Waals surface area contributed by atoms with Crippen molar-refractivity contribution in [2.24, 2.45) is 5.92 Å². The number of nitrogens with zero attached hydrogens (tertiary/aromatic N) is 1. The molecule has 3 atom stereocenters. The fourth-order valence-corrected chi connectivity index (χ4v) is 5.38. The van der Waals surface area contributed by atoms with Crippen LogP contribution in [0.3, 0.4) is 0 Å². The Morgan fingerprint density at radius 1 is 1.45 bits per heavy atom. The Labute approximate surface area is 137 Å². The number of hydrogen-bond acceptors (Lipinski definition) is 5. The maximum atomic E-state index is 12.5. The lowest BCUT2D eigenvalue weighted by Crippen LogP contribution is -2.59. The van der Waals surface area contributed by atoms with Gasteiger partial charge in [-0.15, -0.1) is 0 Å². The molecule has 0 radical (unpaired) electrons. The van der Waals surface area contributed by atoms with Crippen molar-refractivity contribution in [1.29, 1.82) is 0 Å². The molecule has 0 saturated carbocycles. The molecule has 1 unspecified atom stereocenters. The van der Waals surface area contributed by atoms with Crippen LogP contribution in [0.25, 0.3) is 0 Å². The van der Waals surface area contributed by atoms with Gasteiger partial charge in [-0.3, -0.25) is 9.69 Å². The fourth-order valence-electron chi connectivity index (χ4n) is 3.90. The predicted octanol–water partition coefficient (Wildman–Crippen LogP) is 0.699. The standard InChI is InChI=1S/C16H29N3O2S/c1-13-10-14(2-4-17-13)15(20)18-11-16(3-9-22-12-16)19-5-7-21-8-6-19/h13-14,17H,2-12H2,1H3,(H,18,20)/t13-,14-,16?/m0/s1. The number of thioether (sulfide) groups is 1. The van der Waals surface area contributed by atoms with Crippen LogP contribution in [0.5, 0.6) is 0 Å². The van der Waals surface area contributed by atoms with Gasteiger partial charge in [-0.2, -0.15) is 11.8 Å². The number of ether oxygens (including phenoxy) is 1. The van der Waals surface area contributed by atoms with E-state index >= 15 is 0 Å². The number of nitrogens with one attached hydrogen (secondary N) is 2. The van der Waals surface area contributed by atoms with Gasteiger partial charge >= 0.3 is 0 Å². The van der Waals surface area contributed by atoms with Crippen LogP contribution in [0, 0.1) is 5.92 Å². The molecular formula is C16H29N3O2S. The van der Waals surface area contributed by atoms with Crippen LogP contribution in [-0.4, -0.2) is 73.3 Å². The molecule has 3 aliphatic rings. The van der Waals surface area contributed by atoms with E-state index in [1.165, 1.54) is 12.2 Å². The molecule has 126 valence electrons. The van der Waals surface area contributed by atoms with E-state index in [-0.39, 0.29) is 17.4 Å². The molecule has 22 heavy (non-hydrogen) atoms. The van der Waals surface area contributed by atoms with Gasteiger partial charge in [0, 0.05) is 42.9 Å². The lowest BCUT2D eigenvalue weighted by atomic mass is 9.91. The smallest absolute Gasteiger partial charge is 0.223 e. The summed E-state index contributed by atoms with van der Waals surface area (Å²) in [7, 11) is 0. The summed E-state index contributed by atoms with van der Waals surface area (Å²) in [5, 5.41) is 6.71. The van der Waals surface area contributed by atoms with Gasteiger partial charge in [0.2, 0.25) is 5.91 Å². The summed E-state index contributed by atoms with van der Waals surface area (Å²) < 4.78 is 5.49. The molecule has 1 amide bonds. The van der Waals surface area contributed by atoms with Crippen LogP contribution in [0.1, 0.15) is 26.2 Å². The molecule has 0 aromatic heterocycles. The van der Waals surface area contributed by atoms with Crippen molar-refractivity contribution >= 4 is 17.7 Å². The van der Waals surface area contributed by atoms with Gasteiger partial charge in [-0.25, -0.2) is 0 Å². The summed E-state index contributed by atoms with van der Waals surface area (Å²) in [5.41, 5.74) is 0.155. The van der Waals surface area contributed by atoms with E-state index in [9.17, 15) is 4.79 Å². The Morgan fingerprint density at radius 3 is 2.95 bits per heavy atom. The molecule has 3 saturated heterocycles. The van der Waals surface area contributed by atoms with Crippen molar-refractivity contribution in [2.75, 3.05) is 50.9 Å². The number of hydrogen-bond donors (Lipinski definition) is 2. The number of amides is 1. The highest BCUT2D eigenvalue weighted by Crippen LogP contribution is 2.33. The van der Waals surface area contributed by atoms with Crippen LogP contribution >= 0.6 is 11.8 Å². The van der Waals surface area contributed by atoms with Gasteiger partial charge in [0.1, 0.15) is 0 Å². The van der Waals surface area contributed by atoms with E-state index in [1.54, 1.807) is 0 Å². The normalized spacial score (nSPS) is 37.1. The Bertz CT molecular complexity index is 382. The zero-order valence-corrected chi connectivity index (χ0v) is 14.4. The van der Waals surface area contributed by atoms with Crippen molar-refractivity contribution in [2.45, 2.75) is 37.8 Å². The third kappa shape index (κ3) is 3.78. The van der Waals surface area contributed by atoms with Gasteiger partial charge in [0.05, 0.1) is 13.2 Å². The fraction of sp³-hybridized carbons (Fsp3) is 0.938. The van der Waals surface area contributed by atoms with Gasteiger partial charge in [0.25, 0.3) is 0 Å². The van der Waals surface area contributed by atoms with Gasteiger partial charge < -0.3 is 15.4 Å². The van der Waals surface area contributed by atoms with Crippen LogP contribution in [-0.2, 0) is 9.53 Å². The van der Waals surface area contributed by atoms with Crippen LogP contribution in [0.2, 0.25) is 0 Å². The number of piperidine rings is 1. The molecule has 3 rings (SSSR count). The summed E-state index contributed by atoms with van der Waals surface area (Å²) in [5.74, 6) is 2.79. The number of morpholine rings is 1. The Kier molecular flexibility index (Phi) is 5.65. The summed E-state index contributed by atoms with van der Waals surface area (Å²) in [6.07, 6.45) is 3.11. The average Bonchev–Trinajstić information content (AvgIpc) is 3.04. The molecule has 6 heteroatoms. The molecular weight excluding hydrogens is 298 g/mol. The Hall–Kier alpha value is -0.300. The molecule has 2 N–H and O–H groups in total. The molecule has 5 nitrogen and oxygen atoms in total. The highest BCUT2D eigenvalue weighted by atomic mass is 32.2. The van der Waals surface area contributed by atoms with Crippen LogP contribution < -0.4 is 10.6 Å². The minimum absolute atomic E-state index is 0.155. The van der Waals surface area contributed by atoms with Crippen LogP contribution in [0.15, 0.2) is 0 Å². The first-order chi connectivity index (χ1) is 10.7. The number of rotatable bonds is 4. The summed E-state index contributed by atoms with van der Waals surface area (Å²) >= 11 is 2.02. The van der Waals surface area contributed by atoms with Crippen molar-refractivity contribution in [3.05, 3.63) is 0 Å². The van der Waals surface area contributed by atoms with Crippen molar-refractivity contribution in [3.63, 3.8) is 0 Å². The minimum Gasteiger partial charge on any atom is -0.379 e. The second-order valence-electron chi connectivity index (χ2n) is 6.92. The molecule has 0 aromatic carbocycles. The van der Waals surface area contributed by atoms with E-state index in [2.05, 4.69) is 22.5 Å². The third-order valence-electron chi connectivity index (χ3n) is 5.35. The van der Waals surface area contributed by atoms with Crippen molar-refractivity contribution in [3.8, 4) is 0 Å². The topological polar surface area (TPSA) is 53.6 Å². The molecule has 3 heterocycles. The number of carbonyl (C=O) groups excluding carboxylic acids is 1. The number of carbonyl (C=O) groups is 1. The average molecular weight is 327 g/mol. The highest BCUT2D eigenvalue weighted by Gasteiger charge is 2.41. The van der Waals surface area contributed by atoms with E-state index in [4.69, 9.17) is 4.74 Å². The largest absolute Gasteiger partial charge is 0.379 e. The van der Waals surface area contributed by atoms with Crippen molar-refractivity contribution < 1.29 is 9.53 Å². The minimum atomic E-state index is 0.155. The molecule has 3 fully saturated rings. The zero-order chi connectivity index (χ0) is 15.4. The first-order valence-corrected chi connectivity index (χ1v) is 9.77. The second kappa shape index (κ2) is 7.51. The summed E-state index contributed by atoms with van der Waals surface area (Å²) in [6, 6.07) is 0.458.